The Morgan fingerprint density at radius 3 is 2.56 bits per heavy atom. The number of hydrogen-bond acceptors (Lipinski definition) is 2. The van der Waals surface area contributed by atoms with Crippen molar-refractivity contribution in [2.45, 2.75) is 32.7 Å². The van der Waals surface area contributed by atoms with E-state index in [1.54, 1.807) is 7.11 Å². The van der Waals surface area contributed by atoms with Gasteiger partial charge in [0.05, 0.1) is 7.11 Å². The van der Waals surface area contributed by atoms with Crippen LogP contribution in [0, 0.1) is 5.92 Å². The molecular formula is C13H20BrNO. The van der Waals surface area contributed by atoms with Gasteiger partial charge in [0.15, 0.2) is 0 Å². The molecule has 0 heterocycles. The van der Waals surface area contributed by atoms with Crippen LogP contribution in [0.5, 0.6) is 5.75 Å². The lowest BCUT2D eigenvalue weighted by Gasteiger charge is -2.16. The third-order valence-electron chi connectivity index (χ3n) is 2.66. The van der Waals surface area contributed by atoms with E-state index in [1.807, 2.05) is 18.2 Å². The van der Waals surface area contributed by atoms with Crippen LogP contribution in [-0.4, -0.2) is 7.11 Å². The Morgan fingerprint density at radius 1 is 1.31 bits per heavy atom. The molecule has 16 heavy (non-hydrogen) atoms. The molecule has 0 unspecified atom stereocenters. The minimum atomic E-state index is 0.0758. The van der Waals surface area contributed by atoms with Crippen LogP contribution in [0.1, 0.15) is 38.3 Å². The Bertz CT molecular complexity index is 339. The van der Waals surface area contributed by atoms with Crippen molar-refractivity contribution in [3.63, 3.8) is 0 Å². The molecule has 1 rings (SSSR count). The van der Waals surface area contributed by atoms with Crippen LogP contribution >= 0.6 is 15.9 Å². The summed E-state index contributed by atoms with van der Waals surface area (Å²) in [6, 6.07) is 6.01. The first-order valence-corrected chi connectivity index (χ1v) is 6.43. The zero-order valence-electron chi connectivity index (χ0n) is 10.2. The van der Waals surface area contributed by atoms with Crippen molar-refractivity contribution in [1.29, 1.82) is 0 Å². The molecule has 0 spiro atoms. The number of hydrogen-bond donors (Lipinski definition) is 1. The van der Waals surface area contributed by atoms with Crippen molar-refractivity contribution < 1.29 is 4.74 Å². The van der Waals surface area contributed by atoms with Crippen molar-refractivity contribution in [3.05, 3.63) is 28.2 Å². The van der Waals surface area contributed by atoms with Gasteiger partial charge in [0.2, 0.25) is 0 Å². The summed E-state index contributed by atoms with van der Waals surface area (Å²) in [5.74, 6) is 1.55. The number of methoxy groups -OCH3 is 1. The summed E-state index contributed by atoms with van der Waals surface area (Å²) in [7, 11) is 1.67. The van der Waals surface area contributed by atoms with Crippen LogP contribution in [-0.2, 0) is 0 Å². The molecule has 0 fully saturated rings. The lowest BCUT2D eigenvalue weighted by molar-refractivity contribution is 0.413. The normalized spacial score (nSPS) is 12.9. The van der Waals surface area contributed by atoms with E-state index >= 15 is 0 Å². The zero-order chi connectivity index (χ0) is 12.1. The van der Waals surface area contributed by atoms with Crippen LogP contribution in [0.25, 0.3) is 0 Å². The molecular weight excluding hydrogens is 266 g/mol. The molecule has 90 valence electrons. The molecule has 0 saturated carbocycles. The van der Waals surface area contributed by atoms with Gasteiger partial charge >= 0.3 is 0 Å². The molecule has 1 aromatic carbocycles. The number of ether oxygens (including phenoxy) is 1. The van der Waals surface area contributed by atoms with Gasteiger partial charge in [-0.1, -0.05) is 29.8 Å². The Kier molecular flexibility index (Phi) is 5.29. The van der Waals surface area contributed by atoms with E-state index in [9.17, 15) is 0 Å². The van der Waals surface area contributed by atoms with Gasteiger partial charge in [-0.25, -0.2) is 0 Å². The van der Waals surface area contributed by atoms with Crippen LogP contribution in [0.3, 0.4) is 0 Å². The predicted octanol–water partition coefficient (Wildman–Crippen LogP) is 3.89. The molecule has 1 aromatic rings. The van der Waals surface area contributed by atoms with E-state index in [0.717, 1.165) is 28.6 Å². The smallest absolute Gasteiger partial charge is 0.119 e. The average Bonchev–Trinajstić information content (AvgIpc) is 2.26. The molecule has 1 atom stereocenters. The van der Waals surface area contributed by atoms with Crippen LogP contribution in [0.15, 0.2) is 22.7 Å². The second-order valence-electron chi connectivity index (χ2n) is 4.47. The fraction of sp³-hybridized carbons (Fsp3) is 0.538. The van der Waals surface area contributed by atoms with E-state index in [-0.39, 0.29) is 6.04 Å². The Morgan fingerprint density at radius 2 is 2.00 bits per heavy atom. The number of nitrogens with two attached hydrogens (primary N) is 1. The maximum absolute atomic E-state index is 6.18. The molecule has 2 N–H and O–H groups in total. The largest absolute Gasteiger partial charge is 0.497 e. The number of benzene rings is 1. The SMILES string of the molecule is COc1ccc(Br)c([C@@H](N)CCC(C)C)c1. The molecule has 0 saturated heterocycles. The third-order valence-corrected chi connectivity index (χ3v) is 3.38. The molecule has 2 nitrogen and oxygen atoms in total. The van der Waals surface area contributed by atoms with E-state index in [4.69, 9.17) is 10.5 Å². The summed E-state index contributed by atoms with van der Waals surface area (Å²) in [5, 5.41) is 0. The van der Waals surface area contributed by atoms with E-state index in [0.29, 0.717) is 5.92 Å². The molecule has 3 heteroatoms. The van der Waals surface area contributed by atoms with E-state index in [2.05, 4.69) is 29.8 Å². The van der Waals surface area contributed by atoms with E-state index in [1.165, 1.54) is 0 Å². The van der Waals surface area contributed by atoms with Gasteiger partial charge in [-0.05, 0) is 42.5 Å². The monoisotopic (exact) mass is 285 g/mol. The highest BCUT2D eigenvalue weighted by atomic mass is 79.9. The highest BCUT2D eigenvalue weighted by molar-refractivity contribution is 9.10. The van der Waals surface area contributed by atoms with Gasteiger partial charge in [-0.2, -0.15) is 0 Å². The highest BCUT2D eigenvalue weighted by Gasteiger charge is 2.11. The Balaban J connectivity index is 2.76. The van der Waals surface area contributed by atoms with Crippen molar-refractivity contribution in [3.8, 4) is 5.75 Å². The summed E-state index contributed by atoms with van der Waals surface area (Å²) in [6.45, 7) is 4.43. The quantitative estimate of drug-likeness (QED) is 0.891. The van der Waals surface area contributed by atoms with Gasteiger partial charge in [-0.15, -0.1) is 0 Å². The van der Waals surface area contributed by atoms with Crippen LogP contribution in [0.4, 0.5) is 0 Å². The first-order valence-electron chi connectivity index (χ1n) is 5.63. The molecule has 0 amide bonds. The summed E-state index contributed by atoms with van der Waals surface area (Å²) in [6.07, 6.45) is 2.15. The van der Waals surface area contributed by atoms with Gasteiger partial charge in [0.1, 0.15) is 5.75 Å². The minimum Gasteiger partial charge on any atom is -0.497 e. The predicted molar refractivity (Wildman–Crippen MR) is 71.7 cm³/mol. The second kappa shape index (κ2) is 6.26. The van der Waals surface area contributed by atoms with Gasteiger partial charge in [-0.3, -0.25) is 0 Å². The second-order valence-corrected chi connectivity index (χ2v) is 5.32. The first kappa shape index (κ1) is 13.5. The van der Waals surface area contributed by atoms with Gasteiger partial charge in [0.25, 0.3) is 0 Å². The highest BCUT2D eigenvalue weighted by Crippen LogP contribution is 2.29. The molecule has 0 radical (unpaired) electrons. The molecule has 0 aliphatic rings. The Hall–Kier alpha value is -0.540. The molecule has 0 aliphatic heterocycles. The van der Waals surface area contributed by atoms with Crippen LogP contribution < -0.4 is 10.5 Å². The summed E-state index contributed by atoms with van der Waals surface area (Å²) in [5.41, 5.74) is 7.31. The standard InChI is InChI=1S/C13H20BrNO/c1-9(2)4-7-13(15)11-8-10(16-3)5-6-12(11)14/h5-6,8-9,13H,4,7,15H2,1-3H3/t13-/m0/s1. The summed E-state index contributed by atoms with van der Waals surface area (Å²) >= 11 is 3.53. The van der Waals surface area contributed by atoms with Crippen molar-refractivity contribution in [2.24, 2.45) is 11.7 Å². The Labute approximate surface area is 106 Å². The van der Waals surface area contributed by atoms with Crippen molar-refractivity contribution >= 4 is 15.9 Å². The van der Waals surface area contributed by atoms with E-state index < -0.39 is 0 Å². The lowest BCUT2D eigenvalue weighted by atomic mass is 9.98. The van der Waals surface area contributed by atoms with Gasteiger partial charge in [0, 0.05) is 10.5 Å². The fourth-order valence-electron chi connectivity index (χ4n) is 1.60. The first-order chi connectivity index (χ1) is 7.54. The number of halogens is 1. The maximum atomic E-state index is 6.18. The summed E-state index contributed by atoms with van der Waals surface area (Å²) in [4.78, 5) is 0. The molecule has 0 aromatic heterocycles. The third kappa shape index (κ3) is 3.80. The lowest BCUT2D eigenvalue weighted by Crippen LogP contribution is -2.12. The topological polar surface area (TPSA) is 35.2 Å². The summed E-state index contributed by atoms with van der Waals surface area (Å²) < 4.78 is 6.27. The van der Waals surface area contributed by atoms with Crippen LogP contribution in [0.2, 0.25) is 0 Å². The van der Waals surface area contributed by atoms with Crippen molar-refractivity contribution in [2.75, 3.05) is 7.11 Å². The van der Waals surface area contributed by atoms with Crippen molar-refractivity contribution in [1.82, 2.24) is 0 Å². The van der Waals surface area contributed by atoms with Gasteiger partial charge < -0.3 is 10.5 Å². The number of rotatable bonds is 5. The fourth-order valence-corrected chi connectivity index (χ4v) is 2.14. The minimum absolute atomic E-state index is 0.0758. The zero-order valence-corrected chi connectivity index (χ0v) is 11.8. The molecule has 0 bridgehead atoms. The molecule has 0 aliphatic carbocycles. The average molecular weight is 286 g/mol. The maximum Gasteiger partial charge on any atom is 0.119 e.